The number of hydrogen-bond donors (Lipinski definition) is 2. The van der Waals surface area contributed by atoms with Crippen molar-refractivity contribution in [1.29, 1.82) is 0 Å². The highest BCUT2D eigenvalue weighted by molar-refractivity contribution is 5.90. The first kappa shape index (κ1) is 24.4. The van der Waals surface area contributed by atoms with Crippen LogP contribution < -0.4 is 5.32 Å². The van der Waals surface area contributed by atoms with E-state index in [1.54, 1.807) is 42.7 Å². The summed E-state index contributed by atoms with van der Waals surface area (Å²) in [5.74, 6) is -1.41. The van der Waals surface area contributed by atoms with E-state index in [9.17, 15) is 14.4 Å². The monoisotopic (exact) mass is 460 g/mol. The molecule has 11 nitrogen and oxygen atoms in total. The lowest BCUT2D eigenvalue weighted by Gasteiger charge is -2.16. The molecule has 0 radical (unpaired) electrons. The molecule has 32 heavy (non-hydrogen) atoms. The lowest BCUT2D eigenvalue weighted by atomic mass is 10.1. The van der Waals surface area contributed by atoms with E-state index in [2.05, 4.69) is 25.8 Å². The number of benzene rings is 1. The zero-order valence-corrected chi connectivity index (χ0v) is 17.6. The predicted molar refractivity (Wildman–Crippen MR) is 113 cm³/mol. The number of aliphatic carboxylic acids is 1. The number of tetrazole rings is 1. The van der Waals surface area contributed by atoms with Gasteiger partial charge in [-0.15, -0.1) is 17.5 Å². The number of ketones is 1. The van der Waals surface area contributed by atoms with E-state index in [1.807, 2.05) is 12.1 Å². The first-order valence-corrected chi connectivity index (χ1v) is 9.37. The second kappa shape index (κ2) is 12.1. The van der Waals surface area contributed by atoms with Crippen LogP contribution >= 0.6 is 12.4 Å². The number of Topliss-reactive ketones (excluding diaryl/α,β-unsaturated/α-hetero) is 1. The number of carboxylic acid groups (broad SMARTS) is 1. The van der Waals surface area contributed by atoms with Gasteiger partial charge in [0, 0.05) is 18.8 Å². The number of hydrogen-bond acceptors (Lipinski definition) is 8. The first-order chi connectivity index (χ1) is 15.0. The number of rotatable bonds is 10. The third kappa shape index (κ3) is 7.43. The van der Waals surface area contributed by atoms with Gasteiger partial charge in [-0.25, -0.2) is 9.48 Å². The summed E-state index contributed by atoms with van der Waals surface area (Å²) in [6.45, 7) is -0.317. The normalized spacial score (nSPS) is 11.1. The van der Waals surface area contributed by atoms with E-state index in [0.29, 0.717) is 12.2 Å². The van der Waals surface area contributed by atoms with Crippen LogP contribution in [-0.2, 0) is 33.9 Å². The number of ether oxygens (including phenoxy) is 1. The Morgan fingerprint density at radius 2 is 1.84 bits per heavy atom. The van der Waals surface area contributed by atoms with Gasteiger partial charge in [-0.3, -0.25) is 14.6 Å². The van der Waals surface area contributed by atoms with Crippen LogP contribution in [0.5, 0.6) is 0 Å². The Morgan fingerprint density at radius 3 is 2.53 bits per heavy atom. The summed E-state index contributed by atoms with van der Waals surface area (Å²) in [4.78, 5) is 40.0. The van der Waals surface area contributed by atoms with Crippen LogP contribution in [0, 0.1) is 0 Å². The third-order valence-corrected chi connectivity index (χ3v) is 4.27. The molecule has 168 valence electrons. The average Bonchev–Trinajstić information content (AvgIpc) is 3.19. The van der Waals surface area contributed by atoms with Gasteiger partial charge in [0.25, 0.3) is 0 Å². The lowest BCUT2D eigenvalue weighted by molar-refractivity contribution is -0.139. The molecule has 0 bridgehead atoms. The van der Waals surface area contributed by atoms with Crippen molar-refractivity contribution in [3.8, 4) is 0 Å². The summed E-state index contributed by atoms with van der Waals surface area (Å²) in [6, 6.07) is 11.3. The number of carboxylic acids is 1. The van der Waals surface area contributed by atoms with Crippen molar-refractivity contribution in [1.82, 2.24) is 30.5 Å². The van der Waals surface area contributed by atoms with Crippen molar-refractivity contribution in [2.45, 2.75) is 32.0 Å². The first-order valence-electron chi connectivity index (χ1n) is 9.37. The molecule has 0 saturated heterocycles. The average molecular weight is 461 g/mol. The van der Waals surface area contributed by atoms with E-state index < -0.39 is 30.3 Å². The second-order valence-corrected chi connectivity index (χ2v) is 6.61. The van der Waals surface area contributed by atoms with E-state index >= 15 is 0 Å². The number of pyridine rings is 1. The minimum Gasteiger partial charge on any atom is -0.481 e. The summed E-state index contributed by atoms with van der Waals surface area (Å²) < 4.78 is 6.34. The van der Waals surface area contributed by atoms with Gasteiger partial charge in [0.15, 0.2) is 11.6 Å². The number of alkyl carbamates (subject to hydrolysis) is 1. The van der Waals surface area contributed by atoms with Gasteiger partial charge in [0.05, 0.1) is 6.42 Å². The molecule has 1 aromatic carbocycles. The van der Waals surface area contributed by atoms with Gasteiger partial charge in [-0.05, 0) is 27.6 Å². The number of halogens is 1. The molecule has 1 atom stereocenters. The highest BCUT2D eigenvalue weighted by Crippen LogP contribution is 2.07. The van der Waals surface area contributed by atoms with E-state index in [4.69, 9.17) is 9.84 Å². The van der Waals surface area contributed by atoms with Crippen molar-refractivity contribution in [2.24, 2.45) is 0 Å². The Labute approximate surface area is 189 Å². The van der Waals surface area contributed by atoms with Crippen molar-refractivity contribution >= 4 is 30.3 Å². The Hall–Kier alpha value is -3.86. The SMILES string of the molecule is Cl.O=C(O)CC(NC(=O)OCc1ccccc1)C(=O)Cn1nnnc1Cc1cccnc1. The topological polar surface area (TPSA) is 149 Å². The van der Waals surface area contributed by atoms with E-state index in [1.165, 1.54) is 4.68 Å². The highest BCUT2D eigenvalue weighted by Gasteiger charge is 2.26. The molecule has 2 N–H and O–H groups in total. The number of amides is 1. The maximum absolute atomic E-state index is 12.7. The van der Waals surface area contributed by atoms with Crippen molar-refractivity contribution in [2.75, 3.05) is 0 Å². The standard InChI is InChI=1S/C20H20N6O5.ClH/c27-17(12-26-18(23-24-25-26)9-15-7-4-8-21-11-15)16(10-19(28)29)22-20(30)31-13-14-5-2-1-3-6-14;/h1-8,11,16H,9-10,12-13H2,(H,22,30)(H,28,29);1H. The van der Waals surface area contributed by atoms with E-state index in [-0.39, 0.29) is 25.6 Å². The fourth-order valence-electron chi connectivity index (χ4n) is 2.74. The molecular formula is C20H21ClN6O5. The molecule has 0 aliphatic heterocycles. The third-order valence-electron chi connectivity index (χ3n) is 4.27. The summed E-state index contributed by atoms with van der Waals surface area (Å²) in [5.41, 5.74) is 1.60. The molecule has 0 fully saturated rings. The zero-order valence-electron chi connectivity index (χ0n) is 16.8. The van der Waals surface area contributed by atoms with Crippen LogP contribution in [0.4, 0.5) is 4.79 Å². The lowest BCUT2D eigenvalue weighted by Crippen LogP contribution is -2.44. The van der Waals surface area contributed by atoms with E-state index in [0.717, 1.165) is 11.1 Å². The molecule has 2 heterocycles. The highest BCUT2D eigenvalue weighted by atomic mass is 35.5. The number of aromatic nitrogens is 5. The number of carbonyl (C=O) groups is 3. The molecular weight excluding hydrogens is 440 g/mol. The van der Waals surface area contributed by atoms with Gasteiger partial charge >= 0.3 is 12.1 Å². The summed E-state index contributed by atoms with van der Waals surface area (Å²) in [5, 5.41) is 22.7. The zero-order chi connectivity index (χ0) is 22.1. The maximum Gasteiger partial charge on any atom is 0.408 e. The van der Waals surface area contributed by atoms with Crippen molar-refractivity contribution in [3.05, 3.63) is 71.8 Å². The summed E-state index contributed by atoms with van der Waals surface area (Å²) in [6.07, 6.45) is 2.13. The second-order valence-electron chi connectivity index (χ2n) is 6.61. The molecule has 2 aromatic heterocycles. The Kier molecular flexibility index (Phi) is 9.23. The Morgan fingerprint density at radius 1 is 1.09 bits per heavy atom. The van der Waals surface area contributed by atoms with Gasteiger partial charge in [-0.2, -0.15) is 0 Å². The summed E-state index contributed by atoms with van der Waals surface area (Å²) in [7, 11) is 0. The molecule has 1 amide bonds. The number of nitrogens with zero attached hydrogens (tertiary/aromatic N) is 5. The molecule has 0 saturated carbocycles. The van der Waals surface area contributed by atoms with Crippen molar-refractivity contribution in [3.63, 3.8) is 0 Å². The van der Waals surface area contributed by atoms with Crippen LogP contribution in [0.3, 0.4) is 0 Å². The van der Waals surface area contributed by atoms with Crippen LogP contribution in [0.25, 0.3) is 0 Å². The van der Waals surface area contributed by atoms with Crippen LogP contribution in [0.1, 0.15) is 23.4 Å². The van der Waals surface area contributed by atoms with Gasteiger partial charge in [0.1, 0.15) is 19.2 Å². The fraction of sp³-hybridized carbons (Fsp3) is 0.250. The Balaban J connectivity index is 0.00000363. The van der Waals surface area contributed by atoms with Gasteiger partial charge in [0.2, 0.25) is 0 Å². The van der Waals surface area contributed by atoms with Gasteiger partial charge in [-0.1, -0.05) is 36.4 Å². The molecule has 0 aliphatic rings. The van der Waals surface area contributed by atoms with Crippen LogP contribution in [-0.4, -0.2) is 54.2 Å². The fourth-order valence-corrected chi connectivity index (χ4v) is 2.74. The number of nitrogens with one attached hydrogen (secondary N) is 1. The molecule has 1 unspecified atom stereocenters. The maximum atomic E-state index is 12.7. The molecule has 0 spiro atoms. The Bertz CT molecular complexity index is 1030. The van der Waals surface area contributed by atoms with Gasteiger partial charge < -0.3 is 15.2 Å². The smallest absolute Gasteiger partial charge is 0.408 e. The largest absolute Gasteiger partial charge is 0.481 e. The quantitative estimate of drug-likeness (QED) is 0.457. The molecule has 3 rings (SSSR count). The minimum absolute atomic E-state index is 0. The predicted octanol–water partition coefficient (Wildman–Crippen LogP) is 1.42. The van der Waals surface area contributed by atoms with Crippen LogP contribution in [0.2, 0.25) is 0 Å². The summed E-state index contributed by atoms with van der Waals surface area (Å²) >= 11 is 0. The molecule has 3 aromatic rings. The number of carbonyl (C=O) groups excluding carboxylic acids is 2. The van der Waals surface area contributed by atoms with Crippen LogP contribution in [0.15, 0.2) is 54.9 Å². The molecule has 0 aliphatic carbocycles. The molecule has 12 heteroatoms. The van der Waals surface area contributed by atoms with Crippen molar-refractivity contribution < 1.29 is 24.2 Å². The minimum atomic E-state index is -1.30.